The average molecular weight is 285 g/mol. The number of thiazole rings is 1. The van der Waals surface area contributed by atoms with Crippen molar-refractivity contribution in [2.75, 3.05) is 47.9 Å². The summed E-state index contributed by atoms with van der Waals surface area (Å²) in [5, 5.41) is 3.18. The minimum Gasteiger partial charge on any atom is -0.350 e. The van der Waals surface area contributed by atoms with E-state index in [0.717, 1.165) is 36.8 Å². The first-order chi connectivity index (χ1) is 9.13. The van der Waals surface area contributed by atoms with Crippen molar-refractivity contribution in [1.29, 1.82) is 0 Å². The summed E-state index contributed by atoms with van der Waals surface area (Å²) in [7, 11) is 7.65. The lowest BCUT2D eigenvalue weighted by atomic mass is 10.1. The molecule has 2 heterocycles. The summed E-state index contributed by atoms with van der Waals surface area (Å²) < 4.78 is 10.5. The maximum atomic E-state index is 5.23. The molecule has 108 valence electrons. The summed E-state index contributed by atoms with van der Waals surface area (Å²) in [5.74, 6) is 0. The lowest BCUT2D eigenvalue weighted by Crippen LogP contribution is -2.50. The summed E-state index contributed by atoms with van der Waals surface area (Å²) in [6.45, 7) is 3.37. The molecule has 5 nitrogen and oxygen atoms in total. The molecule has 6 heteroatoms. The molecule has 2 rings (SSSR count). The van der Waals surface area contributed by atoms with Crippen LogP contribution in [-0.4, -0.2) is 68.8 Å². The van der Waals surface area contributed by atoms with Crippen LogP contribution in [0.1, 0.15) is 17.0 Å². The Balaban J connectivity index is 1.99. The Hall–Kier alpha value is -0.530. The Morgan fingerprint density at radius 1 is 1.37 bits per heavy atom. The third kappa shape index (κ3) is 3.73. The Bertz CT molecular complexity index is 395. The molecule has 1 saturated heterocycles. The fraction of sp³-hybridized carbons (Fsp3) is 0.769. The average Bonchev–Trinajstić information content (AvgIpc) is 2.84. The van der Waals surface area contributed by atoms with Gasteiger partial charge in [-0.15, -0.1) is 11.3 Å². The summed E-state index contributed by atoms with van der Waals surface area (Å²) in [6, 6.07) is 0.543. The second-order valence-electron chi connectivity index (χ2n) is 5.07. The number of methoxy groups -OCH3 is 2. The zero-order valence-corrected chi connectivity index (χ0v) is 12.9. The molecule has 0 bridgehead atoms. The maximum Gasteiger partial charge on any atom is 0.201 e. The van der Waals surface area contributed by atoms with Gasteiger partial charge < -0.3 is 19.3 Å². The Kier molecular flexibility index (Phi) is 5.29. The first kappa shape index (κ1) is 14.9. The molecule has 0 N–H and O–H groups in total. The van der Waals surface area contributed by atoms with Crippen LogP contribution in [0, 0.1) is 0 Å². The van der Waals surface area contributed by atoms with Gasteiger partial charge in [0.25, 0.3) is 0 Å². The van der Waals surface area contributed by atoms with Crippen LogP contribution in [0.15, 0.2) is 5.38 Å². The molecule has 0 saturated carbocycles. The third-order valence-corrected chi connectivity index (χ3v) is 4.52. The van der Waals surface area contributed by atoms with E-state index in [4.69, 9.17) is 9.47 Å². The first-order valence-corrected chi connectivity index (χ1v) is 7.40. The van der Waals surface area contributed by atoms with Crippen LogP contribution in [0.2, 0.25) is 0 Å². The fourth-order valence-electron chi connectivity index (χ4n) is 2.39. The zero-order valence-electron chi connectivity index (χ0n) is 12.1. The van der Waals surface area contributed by atoms with Crippen LogP contribution in [0.25, 0.3) is 0 Å². The molecule has 1 atom stereocenters. The second-order valence-corrected chi connectivity index (χ2v) is 6.01. The van der Waals surface area contributed by atoms with Crippen molar-refractivity contribution in [2.24, 2.45) is 0 Å². The van der Waals surface area contributed by atoms with Gasteiger partial charge >= 0.3 is 0 Å². The minimum atomic E-state index is -0.350. The summed E-state index contributed by atoms with van der Waals surface area (Å²) in [6.07, 6.45) is 0.641. The molecule has 0 spiro atoms. The van der Waals surface area contributed by atoms with Gasteiger partial charge in [0.2, 0.25) is 6.29 Å². The van der Waals surface area contributed by atoms with E-state index < -0.39 is 0 Å². The molecule has 1 aliphatic heterocycles. The first-order valence-electron chi connectivity index (χ1n) is 6.52. The van der Waals surface area contributed by atoms with Gasteiger partial charge in [-0.3, -0.25) is 0 Å². The van der Waals surface area contributed by atoms with Gasteiger partial charge in [-0.05, 0) is 14.1 Å². The van der Waals surface area contributed by atoms with Gasteiger partial charge in [0.05, 0.1) is 5.01 Å². The molecule has 0 amide bonds. The van der Waals surface area contributed by atoms with E-state index in [1.165, 1.54) is 0 Å². The molecule has 0 radical (unpaired) electrons. The second kappa shape index (κ2) is 6.76. The molecule has 1 fully saturated rings. The van der Waals surface area contributed by atoms with Crippen LogP contribution < -0.4 is 0 Å². The third-order valence-electron chi connectivity index (χ3n) is 3.63. The Morgan fingerprint density at radius 2 is 2.11 bits per heavy atom. The monoisotopic (exact) mass is 285 g/mol. The number of rotatable bonds is 5. The predicted molar refractivity (Wildman–Crippen MR) is 76.5 cm³/mol. The number of nitrogens with zero attached hydrogens (tertiary/aromatic N) is 3. The van der Waals surface area contributed by atoms with Crippen LogP contribution >= 0.6 is 11.3 Å². The number of aromatic nitrogens is 1. The molecule has 1 aliphatic rings. The summed E-state index contributed by atoms with van der Waals surface area (Å²) >= 11 is 1.69. The molecule has 1 aromatic rings. The highest BCUT2D eigenvalue weighted by atomic mass is 32.1. The van der Waals surface area contributed by atoms with E-state index in [-0.39, 0.29) is 6.29 Å². The normalized spacial score (nSPS) is 22.3. The van der Waals surface area contributed by atoms with Gasteiger partial charge in [-0.1, -0.05) is 0 Å². The standard InChI is InChI=1S/C13H23N3O2S/c1-15-5-6-16(2)10(8-15)7-12-14-11(9-19-12)13(17-3)18-4/h9-10,13H,5-8H2,1-4H3. The van der Waals surface area contributed by atoms with E-state index >= 15 is 0 Å². The van der Waals surface area contributed by atoms with Crippen molar-refractivity contribution in [3.8, 4) is 0 Å². The number of ether oxygens (including phenoxy) is 2. The zero-order chi connectivity index (χ0) is 13.8. The molecule has 0 aliphatic carbocycles. The van der Waals surface area contributed by atoms with Gasteiger partial charge in [-0.2, -0.15) is 0 Å². The lowest BCUT2D eigenvalue weighted by Gasteiger charge is -2.37. The van der Waals surface area contributed by atoms with Crippen LogP contribution in [0.4, 0.5) is 0 Å². The van der Waals surface area contributed by atoms with Crippen molar-refractivity contribution < 1.29 is 9.47 Å². The highest BCUT2D eigenvalue weighted by Crippen LogP contribution is 2.22. The number of hydrogen-bond acceptors (Lipinski definition) is 6. The minimum absolute atomic E-state index is 0.350. The van der Waals surface area contributed by atoms with E-state index in [9.17, 15) is 0 Å². The highest BCUT2D eigenvalue weighted by molar-refractivity contribution is 7.09. The number of hydrogen-bond donors (Lipinski definition) is 0. The quantitative estimate of drug-likeness (QED) is 0.761. The largest absolute Gasteiger partial charge is 0.350 e. The topological polar surface area (TPSA) is 37.8 Å². The fourth-order valence-corrected chi connectivity index (χ4v) is 3.26. The van der Waals surface area contributed by atoms with Crippen molar-refractivity contribution >= 4 is 11.3 Å². The Morgan fingerprint density at radius 3 is 2.79 bits per heavy atom. The number of piperazine rings is 1. The van der Waals surface area contributed by atoms with Crippen molar-refractivity contribution in [3.05, 3.63) is 16.1 Å². The van der Waals surface area contributed by atoms with Gasteiger partial charge in [-0.25, -0.2) is 4.98 Å². The molecule has 1 aromatic heterocycles. The van der Waals surface area contributed by atoms with Crippen molar-refractivity contribution in [2.45, 2.75) is 18.8 Å². The smallest absolute Gasteiger partial charge is 0.201 e. The van der Waals surface area contributed by atoms with Crippen molar-refractivity contribution in [1.82, 2.24) is 14.8 Å². The van der Waals surface area contributed by atoms with Crippen LogP contribution in [0.3, 0.4) is 0 Å². The Labute approximate surface area is 119 Å². The molecule has 19 heavy (non-hydrogen) atoms. The van der Waals surface area contributed by atoms with E-state index in [1.807, 2.05) is 5.38 Å². The highest BCUT2D eigenvalue weighted by Gasteiger charge is 2.24. The maximum absolute atomic E-state index is 5.23. The molecule has 1 unspecified atom stereocenters. The van der Waals surface area contributed by atoms with Crippen LogP contribution in [-0.2, 0) is 15.9 Å². The van der Waals surface area contributed by atoms with E-state index in [0.29, 0.717) is 6.04 Å². The lowest BCUT2D eigenvalue weighted by molar-refractivity contribution is -0.108. The SMILES string of the molecule is COC(OC)c1csc(CC2CN(C)CCN2C)n1. The van der Waals surface area contributed by atoms with Gasteiger partial charge in [0.15, 0.2) is 0 Å². The van der Waals surface area contributed by atoms with E-state index in [2.05, 4.69) is 28.9 Å². The summed E-state index contributed by atoms with van der Waals surface area (Å²) in [4.78, 5) is 9.43. The van der Waals surface area contributed by atoms with Gasteiger partial charge in [0, 0.05) is 51.7 Å². The van der Waals surface area contributed by atoms with E-state index in [1.54, 1.807) is 25.6 Å². The van der Waals surface area contributed by atoms with Crippen LogP contribution in [0.5, 0.6) is 0 Å². The molecule has 0 aromatic carbocycles. The van der Waals surface area contributed by atoms with Gasteiger partial charge in [0.1, 0.15) is 5.69 Å². The van der Waals surface area contributed by atoms with Crippen molar-refractivity contribution in [3.63, 3.8) is 0 Å². The number of likely N-dealkylation sites (N-methyl/N-ethyl adjacent to an activating group) is 2. The molecular weight excluding hydrogens is 262 g/mol. The molecular formula is C13H23N3O2S. The summed E-state index contributed by atoms with van der Waals surface area (Å²) in [5.41, 5.74) is 0.872. The predicted octanol–water partition coefficient (Wildman–Crippen LogP) is 1.22.